The van der Waals surface area contributed by atoms with Gasteiger partial charge in [0.15, 0.2) is 0 Å². The molecule has 2 amide bonds. The summed E-state index contributed by atoms with van der Waals surface area (Å²) >= 11 is 0. The number of carbonyl (C=O) groups excluding carboxylic acids is 4. The molecule has 7 heteroatoms. The van der Waals surface area contributed by atoms with Gasteiger partial charge in [0.2, 0.25) is 5.91 Å². The molecule has 1 aromatic carbocycles. The second-order valence-corrected chi connectivity index (χ2v) is 5.87. The lowest BCUT2D eigenvalue weighted by Crippen LogP contribution is -2.50. The molecule has 128 valence electrons. The summed E-state index contributed by atoms with van der Waals surface area (Å²) in [5.74, 6) is -1.65. The summed E-state index contributed by atoms with van der Waals surface area (Å²) in [6, 6.07) is 5.15. The van der Waals surface area contributed by atoms with E-state index in [1.54, 1.807) is 12.1 Å². The summed E-state index contributed by atoms with van der Waals surface area (Å²) in [4.78, 5) is 46.7. The second kappa shape index (κ2) is 7.72. The van der Waals surface area contributed by atoms with Crippen LogP contribution in [0.3, 0.4) is 0 Å². The van der Waals surface area contributed by atoms with Gasteiger partial charge in [-0.1, -0.05) is 6.07 Å². The van der Waals surface area contributed by atoms with E-state index in [1.807, 2.05) is 0 Å². The van der Waals surface area contributed by atoms with Gasteiger partial charge in [-0.3, -0.25) is 19.2 Å². The molecule has 7 nitrogen and oxygen atoms in total. The van der Waals surface area contributed by atoms with E-state index < -0.39 is 23.8 Å². The predicted molar refractivity (Wildman–Crippen MR) is 85.2 cm³/mol. The van der Waals surface area contributed by atoms with Crippen LogP contribution in [0.5, 0.6) is 5.75 Å². The molecule has 1 saturated carbocycles. The van der Waals surface area contributed by atoms with Crippen molar-refractivity contribution in [3.05, 3.63) is 29.8 Å². The van der Waals surface area contributed by atoms with Gasteiger partial charge >= 0.3 is 5.97 Å². The molecule has 2 rings (SSSR count). The number of Topliss-reactive ketones (excluding diaryl/α,β-unsaturated/α-hetero) is 1. The quantitative estimate of drug-likeness (QED) is 0.615. The molecular weight excluding hydrogens is 312 g/mol. The Balaban J connectivity index is 2.11. The maximum absolute atomic E-state index is 12.4. The highest BCUT2D eigenvalue weighted by Gasteiger charge is 2.32. The summed E-state index contributed by atoms with van der Waals surface area (Å²) in [6.45, 7) is 1.26. The molecular formula is C17H20N2O5. The highest BCUT2D eigenvalue weighted by Crippen LogP contribution is 2.25. The van der Waals surface area contributed by atoms with Crippen molar-refractivity contribution in [1.29, 1.82) is 0 Å². The topological polar surface area (TPSA) is 116 Å². The van der Waals surface area contributed by atoms with E-state index in [4.69, 9.17) is 10.5 Å². The van der Waals surface area contributed by atoms with Crippen LogP contribution in [-0.2, 0) is 14.4 Å². The van der Waals surface area contributed by atoms with Crippen molar-refractivity contribution in [2.24, 2.45) is 11.7 Å². The molecule has 1 fully saturated rings. The smallest absolute Gasteiger partial charge is 0.308 e. The van der Waals surface area contributed by atoms with E-state index in [9.17, 15) is 19.2 Å². The molecule has 2 atom stereocenters. The first-order valence-electron chi connectivity index (χ1n) is 7.77. The molecule has 0 aliphatic heterocycles. The van der Waals surface area contributed by atoms with Gasteiger partial charge in [0.1, 0.15) is 17.6 Å². The molecule has 24 heavy (non-hydrogen) atoms. The number of ether oxygens (including phenoxy) is 1. The third kappa shape index (κ3) is 4.65. The number of nitrogens with one attached hydrogen (secondary N) is 1. The number of ketones is 1. The van der Waals surface area contributed by atoms with Gasteiger partial charge < -0.3 is 15.8 Å². The molecule has 0 saturated heterocycles. The molecule has 0 bridgehead atoms. The van der Waals surface area contributed by atoms with Gasteiger partial charge in [0.25, 0.3) is 5.91 Å². The van der Waals surface area contributed by atoms with Crippen molar-refractivity contribution in [3.63, 3.8) is 0 Å². The summed E-state index contributed by atoms with van der Waals surface area (Å²) in [5.41, 5.74) is 5.64. The van der Waals surface area contributed by atoms with Crippen LogP contribution in [0.4, 0.5) is 0 Å². The summed E-state index contributed by atoms with van der Waals surface area (Å²) in [6.07, 6.45) is 2.08. The minimum absolute atomic E-state index is 0.0728. The molecule has 1 aliphatic rings. The lowest BCUT2D eigenvalue weighted by Gasteiger charge is -2.28. The Morgan fingerprint density at radius 1 is 1.33 bits per heavy atom. The Morgan fingerprint density at radius 2 is 2.08 bits per heavy atom. The largest absolute Gasteiger partial charge is 0.427 e. The van der Waals surface area contributed by atoms with Gasteiger partial charge in [0.05, 0.1) is 0 Å². The third-order valence-electron chi connectivity index (χ3n) is 3.94. The fraction of sp³-hybridized carbons (Fsp3) is 0.412. The number of amides is 2. The van der Waals surface area contributed by atoms with Crippen LogP contribution >= 0.6 is 0 Å². The Bertz CT molecular complexity index is 671. The Hall–Kier alpha value is -2.70. The zero-order valence-corrected chi connectivity index (χ0v) is 13.4. The van der Waals surface area contributed by atoms with E-state index >= 15 is 0 Å². The fourth-order valence-corrected chi connectivity index (χ4v) is 2.86. The zero-order chi connectivity index (χ0) is 17.7. The Morgan fingerprint density at radius 3 is 2.71 bits per heavy atom. The lowest BCUT2D eigenvalue weighted by atomic mass is 9.82. The molecule has 0 aromatic heterocycles. The first kappa shape index (κ1) is 17.7. The van der Waals surface area contributed by atoms with Gasteiger partial charge in [-0.25, -0.2) is 0 Å². The Labute approximate surface area is 139 Å². The SMILES string of the molecule is CC(=O)Oc1cccc(C(=O)N[C@H](C(N)=O)[C@H]2CCCC(=O)C2)c1. The lowest BCUT2D eigenvalue weighted by molar-refractivity contribution is -0.132. The van der Waals surface area contributed by atoms with Gasteiger partial charge in [-0.05, 0) is 37.0 Å². The first-order valence-corrected chi connectivity index (χ1v) is 7.77. The standard InChI is InChI=1S/C17H20N2O5/c1-10(20)24-14-7-3-5-12(9-14)17(23)19-15(16(18)22)11-4-2-6-13(21)8-11/h3,5,7,9,11,15H,2,4,6,8H2,1H3,(H2,18,22)(H,19,23)/t11-,15-/m0/s1. The van der Waals surface area contributed by atoms with E-state index in [0.29, 0.717) is 19.3 Å². The maximum atomic E-state index is 12.4. The van der Waals surface area contributed by atoms with Crippen LogP contribution in [0.25, 0.3) is 0 Å². The molecule has 1 aliphatic carbocycles. The normalized spacial score (nSPS) is 18.5. The Kier molecular flexibility index (Phi) is 5.68. The van der Waals surface area contributed by atoms with Crippen LogP contribution in [0.15, 0.2) is 24.3 Å². The zero-order valence-electron chi connectivity index (χ0n) is 13.4. The molecule has 1 aromatic rings. The molecule has 0 radical (unpaired) electrons. The maximum Gasteiger partial charge on any atom is 0.308 e. The van der Waals surface area contributed by atoms with Crippen molar-refractivity contribution >= 4 is 23.6 Å². The van der Waals surface area contributed by atoms with E-state index in [0.717, 1.165) is 0 Å². The van der Waals surface area contributed by atoms with Gasteiger partial charge in [-0.2, -0.15) is 0 Å². The van der Waals surface area contributed by atoms with E-state index in [-0.39, 0.29) is 29.4 Å². The minimum Gasteiger partial charge on any atom is -0.427 e. The van der Waals surface area contributed by atoms with Crippen molar-refractivity contribution in [1.82, 2.24) is 5.32 Å². The number of primary amides is 1. The highest BCUT2D eigenvalue weighted by atomic mass is 16.5. The van der Waals surface area contributed by atoms with Crippen molar-refractivity contribution in [2.75, 3.05) is 0 Å². The molecule has 0 spiro atoms. The predicted octanol–water partition coefficient (Wildman–Crippen LogP) is 0.955. The van der Waals surface area contributed by atoms with Gasteiger partial charge in [0, 0.05) is 25.3 Å². The summed E-state index contributed by atoms with van der Waals surface area (Å²) < 4.78 is 4.93. The molecule has 3 N–H and O–H groups in total. The van der Waals surface area contributed by atoms with Crippen LogP contribution in [0.1, 0.15) is 43.0 Å². The fourth-order valence-electron chi connectivity index (χ4n) is 2.86. The number of rotatable bonds is 5. The van der Waals surface area contributed by atoms with E-state index in [1.165, 1.54) is 19.1 Å². The van der Waals surface area contributed by atoms with Crippen molar-refractivity contribution in [3.8, 4) is 5.75 Å². The number of hydrogen-bond acceptors (Lipinski definition) is 5. The van der Waals surface area contributed by atoms with Crippen LogP contribution < -0.4 is 15.8 Å². The molecule has 0 heterocycles. The number of benzene rings is 1. The van der Waals surface area contributed by atoms with Crippen molar-refractivity contribution < 1.29 is 23.9 Å². The summed E-state index contributed by atoms with van der Waals surface area (Å²) in [7, 11) is 0. The number of esters is 1. The monoisotopic (exact) mass is 332 g/mol. The van der Waals surface area contributed by atoms with Crippen LogP contribution in [-0.4, -0.2) is 29.6 Å². The van der Waals surface area contributed by atoms with Crippen LogP contribution in [0, 0.1) is 5.92 Å². The van der Waals surface area contributed by atoms with Crippen LogP contribution in [0.2, 0.25) is 0 Å². The second-order valence-electron chi connectivity index (χ2n) is 5.87. The number of hydrogen-bond donors (Lipinski definition) is 2. The van der Waals surface area contributed by atoms with E-state index in [2.05, 4.69) is 5.32 Å². The number of nitrogens with two attached hydrogens (primary N) is 1. The minimum atomic E-state index is -0.904. The average molecular weight is 332 g/mol. The molecule has 0 unspecified atom stereocenters. The highest BCUT2D eigenvalue weighted by molar-refractivity contribution is 5.98. The average Bonchev–Trinajstić information content (AvgIpc) is 2.51. The third-order valence-corrected chi connectivity index (χ3v) is 3.94. The van der Waals surface area contributed by atoms with Crippen molar-refractivity contribution in [2.45, 2.75) is 38.6 Å². The summed E-state index contributed by atoms with van der Waals surface area (Å²) in [5, 5.41) is 2.60. The first-order chi connectivity index (χ1) is 11.4. The van der Waals surface area contributed by atoms with Gasteiger partial charge in [-0.15, -0.1) is 0 Å². The number of carbonyl (C=O) groups is 4.